The zero-order chi connectivity index (χ0) is 44.1. The number of rotatable bonds is 7. The van der Waals surface area contributed by atoms with Gasteiger partial charge in [-0.15, -0.1) is 0 Å². The van der Waals surface area contributed by atoms with Crippen LogP contribution in [-0.4, -0.2) is 4.40 Å². The lowest BCUT2D eigenvalue weighted by molar-refractivity contribution is 1.24. The van der Waals surface area contributed by atoms with Crippen molar-refractivity contribution in [3.63, 3.8) is 0 Å². The van der Waals surface area contributed by atoms with Gasteiger partial charge in [-0.3, -0.25) is 0 Å². The number of benzene rings is 10. The van der Waals surface area contributed by atoms with Gasteiger partial charge in [0, 0.05) is 55.7 Å². The molecule has 12 rings (SSSR count). The normalized spacial score (nSPS) is 11.8. The molecule has 0 saturated carbocycles. The molecule has 2 heterocycles. The van der Waals surface area contributed by atoms with Gasteiger partial charge in [0.15, 0.2) is 0 Å². The highest BCUT2D eigenvalue weighted by molar-refractivity contribution is 6.27. The molecule has 12 aromatic rings. The number of nitrogens with zero attached hydrogens (tertiary/aromatic N) is 3. The van der Waals surface area contributed by atoms with Crippen molar-refractivity contribution in [2.45, 2.75) is 41.5 Å². The highest BCUT2D eigenvalue weighted by Gasteiger charge is 2.23. The molecule has 0 fully saturated rings. The summed E-state index contributed by atoms with van der Waals surface area (Å²) in [6.45, 7) is 13.1. The largest absolute Gasteiger partial charge is 0.310 e. The van der Waals surface area contributed by atoms with E-state index < -0.39 is 0 Å². The van der Waals surface area contributed by atoms with Crippen LogP contribution in [0.25, 0.3) is 70.8 Å². The lowest BCUT2D eigenvalue weighted by Gasteiger charge is -2.28. The fourth-order valence-electron chi connectivity index (χ4n) is 10.2. The quantitative estimate of drug-likeness (QED) is 0.158. The van der Waals surface area contributed by atoms with Crippen LogP contribution in [0.2, 0.25) is 0 Å². The number of hydrogen-bond donors (Lipinski definition) is 0. The molecule has 0 amide bonds. The summed E-state index contributed by atoms with van der Waals surface area (Å²) in [5.74, 6) is 0. The Kier molecular flexibility index (Phi) is 8.86. The molecule has 0 aliphatic carbocycles. The number of aromatic nitrogens is 1. The van der Waals surface area contributed by atoms with Crippen molar-refractivity contribution in [3.05, 3.63) is 221 Å². The Balaban J connectivity index is 1.11. The summed E-state index contributed by atoms with van der Waals surface area (Å²) in [6.07, 6.45) is 0. The highest BCUT2D eigenvalue weighted by atomic mass is 15.1. The third-order valence-corrected chi connectivity index (χ3v) is 13.7. The third kappa shape index (κ3) is 6.41. The summed E-state index contributed by atoms with van der Waals surface area (Å²) >= 11 is 0. The van der Waals surface area contributed by atoms with Crippen molar-refractivity contribution in [2.24, 2.45) is 0 Å². The summed E-state index contributed by atoms with van der Waals surface area (Å²) in [7, 11) is 0. The molecule has 3 heteroatoms. The van der Waals surface area contributed by atoms with E-state index in [-0.39, 0.29) is 0 Å². The predicted octanol–water partition coefficient (Wildman–Crippen LogP) is 17.6. The maximum absolute atomic E-state index is 2.55. The first-order valence-electron chi connectivity index (χ1n) is 22.7. The average Bonchev–Trinajstić information content (AvgIpc) is 3.81. The predicted molar refractivity (Wildman–Crippen MR) is 279 cm³/mol. The lowest BCUT2D eigenvalue weighted by Crippen LogP contribution is -2.11. The first-order valence-corrected chi connectivity index (χ1v) is 22.7. The number of fused-ring (bicyclic) bond motifs is 8. The maximum Gasteiger partial charge on any atom is 0.0620 e. The van der Waals surface area contributed by atoms with Crippen LogP contribution in [0.1, 0.15) is 33.4 Å². The van der Waals surface area contributed by atoms with E-state index in [4.69, 9.17) is 0 Å². The lowest BCUT2D eigenvalue weighted by atomic mass is 9.97. The van der Waals surface area contributed by atoms with Crippen molar-refractivity contribution in [1.82, 2.24) is 4.40 Å². The van der Waals surface area contributed by atoms with Gasteiger partial charge in [0.1, 0.15) is 0 Å². The zero-order valence-electron chi connectivity index (χ0n) is 37.7. The molecule has 0 unspecified atom stereocenters. The Labute approximate surface area is 380 Å². The fourth-order valence-corrected chi connectivity index (χ4v) is 10.2. The van der Waals surface area contributed by atoms with Crippen molar-refractivity contribution in [2.75, 3.05) is 9.80 Å². The number of aryl methyl sites for hydroxylation is 6. The molecular weight excluding hydrogens is 787 g/mol. The van der Waals surface area contributed by atoms with Crippen LogP contribution in [0.5, 0.6) is 0 Å². The van der Waals surface area contributed by atoms with Gasteiger partial charge in [-0.25, -0.2) is 0 Å². The van der Waals surface area contributed by atoms with E-state index in [0.717, 1.165) is 22.7 Å². The van der Waals surface area contributed by atoms with E-state index in [1.807, 2.05) is 0 Å². The van der Waals surface area contributed by atoms with Gasteiger partial charge in [0.25, 0.3) is 0 Å². The van der Waals surface area contributed by atoms with Crippen LogP contribution in [-0.2, 0) is 0 Å². The summed E-state index contributed by atoms with van der Waals surface area (Å²) in [5, 5.41) is 9.96. The minimum Gasteiger partial charge on any atom is -0.310 e. The van der Waals surface area contributed by atoms with Crippen LogP contribution in [0.15, 0.2) is 188 Å². The van der Waals surface area contributed by atoms with Gasteiger partial charge in [-0.05, 0) is 194 Å². The van der Waals surface area contributed by atoms with E-state index in [1.54, 1.807) is 0 Å². The smallest absolute Gasteiger partial charge is 0.0620 e. The number of anilines is 6. The van der Waals surface area contributed by atoms with Gasteiger partial charge in [0.2, 0.25) is 0 Å². The van der Waals surface area contributed by atoms with Crippen LogP contribution in [0, 0.1) is 41.5 Å². The van der Waals surface area contributed by atoms with Gasteiger partial charge in [-0.2, -0.15) is 0 Å². The topological polar surface area (TPSA) is 10.9 Å². The zero-order valence-corrected chi connectivity index (χ0v) is 37.7. The van der Waals surface area contributed by atoms with Crippen molar-refractivity contribution in [1.29, 1.82) is 0 Å². The van der Waals surface area contributed by atoms with Gasteiger partial charge in [0.05, 0.1) is 16.6 Å². The second-order valence-electron chi connectivity index (χ2n) is 18.3. The second-order valence-corrected chi connectivity index (χ2v) is 18.3. The summed E-state index contributed by atoms with van der Waals surface area (Å²) in [4.78, 5) is 4.83. The van der Waals surface area contributed by atoms with Gasteiger partial charge < -0.3 is 14.2 Å². The molecule has 0 N–H and O–H groups in total. The Bertz CT molecular complexity index is 3590. The molecular formula is C62H49N3. The molecule has 0 bridgehead atoms. The maximum atomic E-state index is 2.55. The molecule has 312 valence electrons. The molecule has 0 radical (unpaired) electrons. The Morgan fingerprint density at radius 1 is 0.308 bits per heavy atom. The Morgan fingerprint density at radius 2 is 0.738 bits per heavy atom. The molecule has 0 aliphatic heterocycles. The van der Waals surface area contributed by atoms with Crippen LogP contribution >= 0.6 is 0 Å². The number of hydrogen-bond acceptors (Lipinski definition) is 2. The summed E-state index contributed by atoms with van der Waals surface area (Å²) < 4.78 is 2.55. The minimum absolute atomic E-state index is 1.14. The van der Waals surface area contributed by atoms with E-state index in [0.29, 0.717) is 0 Å². The molecule has 65 heavy (non-hydrogen) atoms. The second kappa shape index (κ2) is 14.9. The molecule has 2 aromatic heterocycles. The SMILES string of the molecule is Cc1ccc(N(c2ccc3cc4c5cc(-c6ccccc6)cc6c7cc8ccc(N(c9ccc(C)cc9)c9cc(C)ccc9C)cc8cc7n(c4cc3c2)c56)c2cc(C)ccc2C)cc1. The van der Waals surface area contributed by atoms with Crippen LogP contribution in [0.4, 0.5) is 34.1 Å². The highest BCUT2D eigenvalue weighted by Crippen LogP contribution is 2.46. The van der Waals surface area contributed by atoms with Gasteiger partial charge in [-0.1, -0.05) is 102 Å². The van der Waals surface area contributed by atoms with Crippen LogP contribution in [0.3, 0.4) is 0 Å². The van der Waals surface area contributed by atoms with Crippen molar-refractivity contribution in [3.8, 4) is 11.1 Å². The standard InChI is InChI=1S/C62H49N3/c1-38-14-22-50(23-15-38)63(58-28-40(3)12-18-42(58)5)52-26-20-45-32-54-56-34-49(44-10-8-7-9-11-44)35-57-55-33-46-21-27-53(31-48(46)37-61(55)65(62(56)57)60(54)36-47(45)30-52)64(51-24-16-39(2)17-25-51)59-29-41(4)13-19-43(59)6/h7-37H,1-6H3. The minimum atomic E-state index is 1.14. The molecule has 0 saturated heterocycles. The Hall–Kier alpha value is -7.88. The summed E-state index contributed by atoms with van der Waals surface area (Å²) in [6, 6.07) is 70.7. The monoisotopic (exact) mass is 835 g/mol. The van der Waals surface area contributed by atoms with Gasteiger partial charge >= 0.3 is 0 Å². The third-order valence-electron chi connectivity index (χ3n) is 13.7. The average molecular weight is 836 g/mol. The first kappa shape index (κ1) is 38.8. The van der Waals surface area contributed by atoms with Crippen molar-refractivity contribution >= 4 is 93.8 Å². The van der Waals surface area contributed by atoms with E-state index in [1.165, 1.54) is 116 Å². The van der Waals surface area contributed by atoms with E-state index >= 15 is 0 Å². The summed E-state index contributed by atoms with van der Waals surface area (Å²) in [5.41, 5.74) is 20.6. The molecule has 0 spiro atoms. The van der Waals surface area contributed by atoms with Crippen LogP contribution < -0.4 is 9.80 Å². The molecule has 0 aliphatic rings. The van der Waals surface area contributed by atoms with Crippen molar-refractivity contribution < 1.29 is 0 Å². The Morgan fingerprint density at radius 3 is 1.20 bits per heavy atom. The molecule has 0 atom stereocenters. The molecule has 3 nitrogen and oxygen atoms in total. The van der Waals surface area contributed by atoms with E-state index in [2.05, 4.69) is 244 Å². The first-order chi connectivity index (χ1) is 31.6. The van der Waals surface area contributed by atoms with E-state index in [9.17, 15) is 0 Å². The molecule has 10 aromatic carbocycles. The fraction of sp³-hybridized carbons (Fsp3) is 0.0968.